The Morgan fingerprint density at radius 1 is 1.36 bits per heavy atom. The molecule has 0 aromatic carbocycles. The van der Waals surface area contributed by atoms with E-state index in [-0.39, 0.29) is 17.5 Å². The molecule has 0 atom stereocenters. The van der Waals surface area contributed by atoms with Crippen molar-refractivity contribution in [2.75, 3.05) is 12.5 Å². The maximum absolute atomic E-state index is 12.5. The number of hydrogen-bond acceptors (Lipinski definition) is 6. The summed E-state index contributed by atoms with van der Waals surface area (Å²) in [5.41, 5.74) is -0.218. The number of rotatable bonds is 5. The lowest BCUT2D eigenvalue weighted by atomic mass is 9.75. The molecule has 1 amide bonds. The molecule has 0 unspecified atom stereocenters. The number of carbonyl (C=O) groups is 1. The average molecular weight is 364 g/mol. The second kappa shape index (κ2) is 5.81. The Morgan fingerprint density at radius 3 is 2.68 bits per heavy atom. The fraction of sp³-hybridized carbons (Fsp3) is 0.529. The Balaban J connectivity index is 1.61. The van der Waals surface area contributed by atoms with Crippen molar-refractivity contribution in [1.29, 1.82) is 0 Å². The molecule has 2 saturated carbocycles. The van der Waals surface area contributed by atoms with Gasteiger partial charge in [-0.05, 0) is 50.2 Å². The van der Waals surface area contributed by atoms with E-state index in [4.69, 9.17) is 4.74 Å². The normalized spacial score (nSPS) is 23.3. The van der Waals surface area contributed by atoms with Crippen LogP contribution in [0.4, 0.5) is 0 Å². The molecule has 2 heterocycles. The zero-order chi connectivity index (χ0) is 17.7. The molecule has 1 aromatic heterocycles. The molecule has 7 nitrogen and oxygen atoms in total. The van der Waals surface area contributed by atoms with Crippen LogP contribution in [0.2, 0.25) is 0 Å². The molecule has 1 N–H and O–H groups in total. The van der Waals surface area contributed by atoms with Crippen LogP contribution < -0.4 is 4.74 Å². The average Bonchev–Trinajstić information content (AvgIpc) is 3.31. The van der Waals surface area contributed by atoms with Crippen LogP contribution >= 0.6 is 0 Å². The summed E-state index contributed by atoms with van der Waals surface area (Å²) in [5, 5.41) is 11.7. The van der Waals surface area contributed by atoms with Gasteiger partial charge in [-0.3, -0.25) is 9.69 Å². The summed E-state index contributed by atoms with van der Waals surface area (Å²) in [6.45, 7) is 0.520. The van der Waals surface area contributed by atoms with Gasteiger partial charge in [-0.2, -0.15) is 0 Å². The second-order valence-electron chi connectivity index (χ2n) is 7.04. The standard InChI is InChI=1S/C17H20N2O5S/c20-16(19-8-9-25(22,23)11-19)14-5-4-13(17(21)6-1-7-17)15(18-14)24-10-12-2-3-12/h4-5,8-9,12,21H,1-3,6-7,10-11H2. The molecule has 0 bridgehead atoms. The van der Waals surface area contributed by atoms with Crippen molar-refractivity contribution < 1.29 is 23.1 Å². The summed E-state index contributed by atoms with van der Waals surface area (Å²) in [6, 6.07) is 3.20. The molecular formula is C17H20N2O5S. The van der Waals surface area contributed by atoms with Crippen molar-refractivity contribution in [2.24, 2.45) is 5.92 Å². The number of pyridine rings is 1. The number of nitrogens with zero attached hydrogens (tertiary/aromatic N) is 2. The first-order valence-corrected chi connectivity index (χ1v) is 10.2. The van der Waals surface area contributed by atoms with Gasteiger partial charge in [-0.25, -0.2) is 13.4 Å². The first-order valence-electron chi connectivity index (χ1n) is 8.45. The van der Waals surface area contributed by atoms with E-state index in [9.17, 15) is 18.3 Å². The third-order valence-corrected chi connectivity index (χ3v) is 6.12. The maximum Gasteiger partial charge on any atom is 0.277 e. The van der Waals surface area contributed by atoms with Gasteiger partial charge in [0.2, 0.25) is 5.88 Å². The van der Waals surface area contributed by atoms with E-state index in [1.165, 1.54) is 12.3 Å². The summed E-state index contributed by atoms with van der Waals surface area (Å²) >= 11 is 0. The zero-order valence-electron chi connectivity index (χ0n) is 13.7. The summed E-state index contributed by atoms with van der Waals surface area (Å²) in [7, 11) is -3.37. The van der Waals surface area contributed by atoms with Gasteiger partial charge >= 0.3 is 0 Å². The van der Waals surface area contributed by atoms with E-state index in [0.29, 0.717) is 30.9 Å². The van der Waals surface area contributed by atoms with Crippen molar-refractivity contribution in [1.82, 2.24) is 9.88 Å². The highest BCUT2D eigenvalue weighted by atomic mass is 32.2. The Hall–Kier alpha value is -1.93. The molecule has 134 valence electrons. The Labute approximate surface area is 146 Å². The van der Waals surface area contributed by atoms with Crippen molar-refractivity contribution in [2.45, 2.75) is 37.7 Å². The van der Waals surface area contributed by atoms with Crippen molar-refractivity contribution in [3.05, 3.63) is 35.0 Å². The lowest BCUT2D eigenvalue weighted by Crippen LogP contribution is -2.35. The number of aliphatic hydroxyl groups is 1. The van der Waals surface area contributed by atoms with Crippen LogP contribution in [0.1, 0.15) is 48.2 Å². The number of carbonyl (C=O) groups excluding carboxylic acids is 1. The molecule has 3 aliphatic rings. The molecule has 8 heteroatoms. The van der Waals surface area contributed by atoms with Gasteiger partial charge in [0, 0.05) is 17.2 Å². The predicted molar refractivity (Wildman–Crippen MR) is 89.3 cm³/mol. The third-order valence-electron chi connectivity index (χ3n) is 4.94. The van der Waals surface area contributed by atoms with E-state index in [1.54, 1.807) is 6.07 Å². The van der Waals surface area contributed by atoms with Crippen LogP contribution in [-0.2, 0) is 15.4 Å². The highest BCUT2D eigenvalue weighted by molar-refractivity contribution is 7.94. The second-order valence-corrected chi connectivity index (χ2v) is 8.90. The minimum Gasteiger partial charge on any atom is -0.477 e. The SMILES string of the molecule is O=C(c1ccc(C2(O)CCC2)c(OCC2CC2)n1)N1C=CS(=O)(=O)C1. The summed E-state index contributed by atoms with van der Waals surface area (Å²) in [5.74, 6) is -0.0827. The van der Waals surface area contributed by atoms with Gasteiger partial charge in [0.15, 0.2) is 9.84 Å². The fourth-order valence-corrected chi connectivity index (χ4v) is 4.02. The number of amides is 1. The maximum atomic E-state index is 12.5. The molecule has 0 radical (unpaired) electrons. The molecule has 4 rings (SSSR count). The Morgan fingerprint density at radius 2 is 2.12 bits per heavy atom. The lowest BCUT2D eigenvalue weighted by Gasteiger charge is -2.37. The number of sulfone groups is 1. The topological polar surface area (TPSA) is 96.8 Å². The molecule has 1 aromatic rings. The Bertz CT molecular complexity index is 841. The quantitative estimate of drug-likeness (QED) is 0.851. The van der Waals surface area contributed by atoms with Crippen LogP contribution in [0.25, 0.3) is 0 Å². The minimum absolute atomic E-state index is 0.110. The molecule has 25 heavy (non-hydrogen) atoms. The smallest absolute Gasteiger partial charge is 0.277 e. The minimum atomic E-state index is -3.37. The van der Waals surface area contributed by atoms with Crippen molar-refractivity contribution in [3.8, 4) is 5.88 Å². The first-order chi connectivity index (χ1) is 11.9. The van der Waals surface area contributed by atoms with Crippen molar-refractivity contribution >= 4 is 15.7 Å². The zero-order valence-corrected chi connectivity index (χ0v) is 14.5. The molecule has 1 aliphatic heterocycles. The summed E-state index contributed by atoms with van der Waals surface area (Å²) < 4.78 is 28.8. The van der Waals surface area contributed by atoms with Crippen molar-refractivity contribution in [3.63, 3.8) is 0 Å². The number of ether oxygens (including phenoxy) is 1. The predicted octanol–water partition coefficient (Wildman–Crippen LogP) is 1.54. The highest BCUT2D eigenvalue weighted by Crippen LogP contribution is 2.44. The first kappa shape index (κ1) is 16.5. The van der Waals surface area contributed by atoms with Gasteiger partial charge < -0.3 is 9.84 Å². The Kier molecular flexibility index (Phi) is 3.84. The van der Waals surface area contributed by atoms with Crippen LogP contribution in [0.3, 0.4) is 0 Å². The fourth-order valence-electron chi connectivity index (χ4n) is 3.01. The summed E-state index contributed by atoms with van der Waals surface area (Å²) in [4.78, 5) is 17.9. The van der Waals surface area contributed by atoms with E-state index >= 15 is 0 Å². The van der Waals surface area contributed by atoms with Crippen LogP contribution in [0, 0.1) is 5.92 Å². The van der Waals surface area contributed by atoms with E-state index in [0.717, 1.165) is 29.6 Å². The van der Waals surface area contributed by atoms with Crippen LogP contribution in [0.5, 0.6) is 5.88 Å². The van der Waals surface area contributed by atoms with Gasteiger partial charge in [0.25, 0.3) is 5.91 Å². The highest BCUT2D eigenvalue weighted by Gasteiger charge is 2.40. The molecular weight excluding hydrogens is 344 g/mol. The molecule has 0 spiro atoms. The van der Waals surface area contributed by atoms with Crippen LogP contribution in [0.15, 0.2) is 23.7 Å². The molecule has 2 aliphatic carbocycles. The van der Waals surface area contributed by atoms with E-state index in [1.807, 2.05) is 0 Å². The largest absolute Gasteiger partial charge is 0.477 e. The number of hydrogen-bond donors (Lipinski definition) is 1. The van der Waals surface area contributed by atoms with Gasteiger partial charge in [0.05, 0.1) is 12.2 Å². The summed E-state index contributed by atoms with van der Waals surface area (Å²) in [6.07, 6.45) is 5.72. The van der Waals surface area contributed by atoms with Gasteiger partial charge in [-0.1, -0.05) is 0 Å². The monoisotopic (exact) mass is 364 g/mol. The van der Waals surface area contributed by atoms with Gasteiger partial charge in [0.1, 0.15) is 11.6 Å². The van der Waals surface area contributed by atoms with Gasteiger partial charge in [-0.15, -0.1) is 0 Å². The lowest BCUT2D eigenvalue weighted by molar-refractivity contribution is -0.0414. The molecule has 0 saturated heterocycles. The third kappa shape index (κ3) is 3.28. The van der Waals surface area contributed by atoms with E-state index < -0.39 is 21.3 Å². The van der Waals surface area contributed by atoms with Crippen LogP contribution in [-0.4, -0.2) is 41.8 Å². The van der Waals surface area contributed by atoms with E-state index in [2.05, 4.69) is 4.98 Å². The molecule has 2 fully saturated rings. The number of aromatic nitrogens is 1.